The van der Waals surface area contributed by atoms with Gasteiger partial charge in [-0.1, -0.05) is 41.9 Å². The normalized spacial score (nSPS) is 17.9. The van der Waals surface area contributed by atoms with Gasteiger partial charge in [0.2, 0.25) is 5.91 Å². The summed E-state index contributed by atoms with van der Waals surface area (Å²) in [6, 6.07) is 15.6. The molecule has 0 spiro atoms. The number of likely N-dealkylation sites (tertiary alicyclic amines) is 1. The second kappa shape index (κ2) is 8.37. The van der Waals surface area contributed by atoms with Gasteiger partial charge in [0.1, 0.15) is 5.75 Å². The minimum atomic E-state index is -0.0267. The topological polar surface area (TPSA) is 41.6 Å². The fraction of sp³-hybridized carbons (Fsp3) is 0.350. The van der Waals surface area contributed by atoms with Crippen LogP contribution in [0.1, 0.15) is 18.4 Å². The number of nitrogens with zero attached hydrogens (tertiary/aromatic N) is 1. The molecule has 0 radical (unpaired) electrons. The van der Waals surface area contributed by atoms with E-state index in [1.54, 1.807) is 25.3 Å². The van der Waals surface area contributed by atoms with E-state index < -0.39 is 0 Å². The van der Waals surface area contributed by atoms with Gasteiger partial charge in [-0.3, -0.25) is 9.69 Å². The van der Waals surface area contributed by atoms with Crippen molar-refractivity contribution in [1.29, 1.82) is 0 Å². The average Bonchev–Trinajstić information content (AvgIpc) is 2.63. The molecule has 25 heavy (non-hydrogen) atoms. The summed E-state index contributed by atoms with van der Waals surface area (Å²) in [7, 11) is 1.58. The molecule has 0 aromatic heterocycles. The van der Waals surface area contributed by atoms with Crippen LogP contribution in [-0.4, -0.2) is 31.0 Å². The molecule has 1 fully saturated rings. The molecule has 1 N–H and O–H groups in total. The molecule has 0 aliphatic carbocycles. The van der Waals surface area contributed by atoms with Crippen LogP contribution in [-0.2, 0) is 11.3 Å². The Hall–Kier alpha value is -2.04. The van der Waals surface area contributed by atoms with Gasteiger partial charge in [-0.2, -0.15) is 0 Å². The maximum Gasteiger partial charge on any atom is 0.228 e. The van der Waals surface area contributed by atoms with E-state index in [0.29, 0.717) is 16.5 Å². The van der Waals surface area contributed by atoms with E-state index in [4.69, 9.17) is 16.3 Å². The predicted molar refractivity (Wildman–Crippen MR) is 101 cm³/mol. The molecule has 5 heteroatoms. The maximum absolute atomic E-state index is 12.7. The Morgan fingerprint density at radius 3 is 2.84 bits per heavy atom. The van der Waals surface area contributed by atoms with Crippen molar-refractivity contribution in [1.82, 2.24) is 4.90 Å². The molecule has 1 saturated heterocycles. The van der Waals surface area contributed by atoms with Gasteiger partial charge in [0.15, 0.2) is 0 Å². The van der Waals surface area contributed by atoms with E-state index in [9.17, 15) is 4.79 Å². The van der Waals surface area contributed by atoms with E-state index in [1.807, 2.05) is 6.07 Å². The van der Waals surface area contributed by atoms with Gasteiger partial charge < -0.3 is 10.1 Å². The average molecular weight is 359 g/mol. The lowest BCUT2D eigenvalue weighted by Crippen LogP contribution is -2.40. The van der Waals surface area contributed by atoms with E-state index in [1.165, 1.54) is 5.56 Å². The Morgan fingerprint density at radius 1 is 1.28 bits per heavy atom. The number of rotatable bonds is 5. The number of amides is 1. The number of carbonyl (C=O) groups excluding carboxylic acids is 1. The van der Waals surface area contributed by atoms with Crippen LogP contribution in [0.5, 0.6) is 5.75 Å². The van der Waals surface area contributed by atoms with E-state index in [-0.39, 0.29) is 11.8 Å². The molecule has 1 heterocycles. The van der Waals surface area contributed by atoms with Crippen molar-refractivity contribution >= 4 is 23.2 Å². The number of hydrogen-bond donors (Lipinski definition) is 1. The van der Waals surface area contributed by atoms with E-state index in [2.05, 4.69) is 34.5 Å². The number of hydrogen-bond acceptors (Lipinski definition) is 3. The van der Waals surface area contributed by atoms with Crippen molar-refractivity contribution < 1.29 is 9.53 Å². The van der Waals surface area contributed by atoms with Crippen LogP contribution < -0.4 is 10.1 Å². The lowest BCUT2D eigenvalue weighted by atomic mass is 9.96. The van der Waals surface area contributed by atoms with Crippen LogP contribution in [0, 0.1) is 5.92 Å². The van der Waals surface area contributed by atoms with Gasteiger partial charge in [-0.05, 0) is 43.1 Å². The molecule has 3 rings (SSSR count). The first-order chi connectivity index (χ1) is 12.2. The molecule has 1 unspecified atom stereocenters. The number of benzene rings is 2. The first-order valence-corrected chi connectivity index (χ1v) is 8.94. The van der Waals surface area contributed by atoms with Gasteiger partial charge in [0.25, 0.3) is 0 Å². The molecular formula is C20H23ClN2O2. The third kappa shape index (κ3) is 4.74. The molecule has 2 aromatic carbocycles. The van der Waals surface area contributed by atoms with Gasteiger partial charge in [0, 0.05) is 18.1 Å². The zero-order valence-electron chi connectivity index (χ0n) is 14.4. The Morgan fingerprint density at radius 2 is 2.08 bits per heavy atom. The van der Waals surface area contributed by atoms with E-state index >= 15 is 0 Å². The molecule has 1 aliphatic heterocycles. The van der Waals surface area contributed by atoms with Gasteiger partial charge in [0.05, 0.1) is 18.7 Å². The molecule has 132 valence electrons. The Bertz CT molecular complexity index is 721. The van der Waals surface area contributed by atoms with Crippen molar-refractivity contribution in [3.05, 3.63) is 59.1 Å². The summed E-state index contributed by atoms with van der Waals surface area (Å²) in [5, 5.41) is 3.56. The quantitative estimate of drug-likeness (QED) is 0.870. The molecule has 0 saturated carbocycles. The van der Waals surface area contributed by atoms with E-state index in [0.717, 1.165) is 32.5 Å². The molecular weight excluding hydrogens is 336 g/mol. The SMILES string of the molecule is COc1ccc(Cl)cc1NC(=O)C1CCCN(Cc2ccccc2)C1. The summed E-state index contributed by atoms with van der Waals surface area (Å²) in [6.45, 7) is 2.67. The van der Waals surface area contributed by atoms with Crippen LogP contribution in [0.4, 0.5) is 5.69 Å². The molecule has 1 amide bonds. The van der Waals surface area contributed by atoms with Crippen molar-refractivity contribution in [2.75, 3.05) is 25.5 Å². The highest BCUT2D eigenvalue weighted by molar-refractivity contribution is 6.31. The Labute approximate surface area is 153 Å². The number of ether oxygens (including phenoxy) is 1. The standard InChI is InChI=1S/C20H23ClN2O2/c1-25-19-10-9-17(21)12-18(19)22-20(24)16-8-5-11-23(14-16)13-15-6-3-2-4-7-15/h2-4,6-7,9-10,12,16H,5,8,11,13-14H2,1H3,(H,22,24). The minimum absolute atomic E-state index is 0.0262. The minimum Gasteiger partial charge on any atom is -0.495 e. The van der Waals surface area contributed by atoms with Gasteiger partial charge in [-0.25, -0.2) is 0 Å². The van der Waals surface area contributed by atoms with Crippen LogP contribution in [0.15, 0.2) is 48.5 Å². The zero-order chi connectivity index (χ0) is 17.6. The number of anilines is 1. The van der Waals surface area contributed by atoms with Crippen molar-refractivity contribution in [3.8, 4) is 5.75 Å². The third-order valence-electron chi connectivity index (χ3n) is 4.54. The summed E-state index contributed by atoms with van der Waals surface area (Å²) >= 11 is 6.04. The van der Waals surface area contributed by atoms with Gasteiger partial charge >= 0.3 is 0 Å². The number of nitrogens with one attached hydrogen (secondary N) is 1. The number of carbonyl (C=O) groups is 1. The highest BCUT2D eigenvalue weighted by Gasteiger charge is 2.26. The summed E-state index contributed by atoms with van der Waals surface area (Å²) in [4.78, 5) is 15.1. The fourth-order valence-corrected chi connectivity index (χ4v) is 3.44. The summed E-state index contributed by atoms with van der Waals surface area (Å²) < 4.78 is 5.30. The largest absolute Gasteiger partial charge is 0.495 e. The lowest BCUT2D eigenvalue weighted by Gasteiger charge is -2.32. The smallest absolute Gasteiger partial charge is 0.228 e. The van der Waals surface area contributed by atoms with Crippen LogP contribution in [0.3, 0.4) is 0 Å². The summed E-state index contributed by atoms with van der Waals surface area (Å²) in [5.74, 6) is 0.620. The number of halogens is 1. The van der Waals surface area contributed by atoms with Crippen LogP contribution in [0.2, 0.25) is 5.02 Å². The van der Waals surface area contributed by atoms with Gasteiger partial charge in [-0.15, -0.1) is 0 Å². The highest BCUT2D eigenvalue weighted by atomic mass is 35.5. The van der Waals surface area contributed by atoms with Crippen LogP contribution >= 0.6 is 11.6 Å². The molecule has 1 aliphatic rings. The summed E-state index contributed by atoms with van der Waals surface area (Å²) in [5.41, 5.74) is 1.90. The van der Waals surface area contributed by atoms with Crippen LogP contribution in [0.25, 0.3) is 0 Å². The Kier molecular flexibility index (Phi) is 5.95. The first kappa shape index (κ1) is 17.8. The number of piperidine rings is 1. The van der Waals surface area contributed by atoms with Crippen molar-refractivity contribution in [3.63, 3.8) is 0 Å². The Balaban J connectivity index is 1.63. The monoisotopic (exact) mass is 358 g/mol. The highest BCUT2D eigenvalue weighted by Crippen LogP contribution is 2.29. The van der Waals surface area contributed by atoms with Crippen molar-refractivity contribution in [2.45, 2.75) is 19.4 Å². The molecule has 2 aromatic rings. The molecule has 4 nitrogen and oxygen atoms in total. The van der Waals surface area contributed by atoms with Crippen molar-refractivity contribution in [2.24, 2.45) is 5.92 Å². The molecule has 0 bridgehead atoms. The molecule has 1 atom stereocenters. The summed E-state index contributed by atoms with van der Waals surface area (Å²) in [6.07, 6.45) is 1.93. The number of methoxy groups -OCH3 is 1. The first-order valence-electron chi connectivity index (χ1n) is 8.56. The zero-order valence-corrected chi connectivity index (χ0v) is 15.1. The third-order valence-corrected chi connectivity index (χ3v) is 4.78. The second-order valence-corrected chi connectivity index (χ2v) is 6.83. The fourth-order valence-electron chi connectivity index (χ4n) is 3.27. The second-order valence-electron chi connectivity index (χ2n) is 6.39. The lowest BCUT2D eigenvalue weighted by molar-refractivity contribution is -0.121. The predicted octanol–water partition coefficient (Wildman–Crippen LogP) is 4.20. The maximum atomic E-state index is 12.7.